The molecule has 0 saturated carbocycles. The van der Waals surface area contributed by atoms with Crippen molar-refractivity contribution in [3.63, 3.8) is 0 Å². The van der Waals surface area contributed by atoms with Crippen molar-refractivity contribution < 1.29 is 14.4 Å². The first kappa shape index (κ1) is 26.2. The summed E-state index contributed by atoms with van der Waals surface area (Å²) in [4.78, 5) is 43.4. The van der Waals surface area contributed by atoms with Gasteiger partial charge >= 0.3 is 0 Å². The van der Waals surface area contributed by atoms with Crippen LogP contribution in [0.4, 0.5) is 0 Å². The summed E-state index contributed by atoms with van der Waals surface area (Å²) in [5, 5.41) is 5.40. The molecule has 9 heteroatoms. The molecule has 3 amide bonds. The highest BCUT2D eigenvalue weighted by Crippen LogP contribution is 2.11. The number of hydrogen-bond acceptors (Lipinski definition) is 5. The number of rotatable bonds is 11. The van der Waals surface area contributed by atoms with Gasteiger partial charge in [-0.05, 0) is 30.9 Å². The summed E-state index contributed by atoms with van der Waals surface area (Å²) in [6.07, 6.45) is 10.5. The first-order valence-electron chi connectivity index (χ1n) is 10.0. The van der Waals surface area contributed by atoms with Crippen LogP contribution in [0.15, 0.2) is 52.7 Å². The first-order chi connectivity index (χ1) is 14.8. The van der Waals surface area contributed by atoms with Crippen molar-refractivity contribution >= 4 is 36.2 Å². The number of nitrogens with zero attached hydrogens (tertiary/aromatic N) is 3. The zero-order valence-electron chi connectivity index (χ0n) is 18.4. The number of carbonyl (C=O) groups is 3. The number of aliphatic imine (C=N–C) groups is 1. The molecule has 2 N–H and O–H groups in total. The summed E-state index contributed by atoms with van der Waals surface area (Å²) in [6.45, 7) is 7.37. The molecule has 0 unspecified atom stereocenters. The number of carbonyl (C=O) groups excluding carboxylic acids is 3. The van der Waals surface area contributed by atoms with E-state index in [-0.39, 0.29) is 11.6 Å². The number of alkyl halides is 1. The van der Waals surface area contributed by atoms with Crippen LogP contribution in [0.3, 0.4) is 0 Å². The monoisotopic (exact) mass is 449 g/mol. The van der Waals surface area contributed by atoms with Crippen molar-refractivity contribution in [2.24, 2.45) is 4.99 Å². The van der Waals surface area contributed by atoms with Crippen LogP contribution in [0.25, 0.3) is 0 Å². The Balaban J connectivity index is 2.92. The van der Waals surface area contributed by atoms with Gasteiger partial charge in [-0.2, -0.15) is 0 Å². The van der Waals surface area contributed by atoms with Crippen molar-refractivity contribution in [3.05, 3.63) is 47.7 Å². The Kier molecular flexibility index (Phi) is 12.0. The fourth-order valence-corrected chi connectivity index (χ4v) is 2.99. The van der Waals surface area contributed by atoms with Gasteiger partial charge < -0.3 is 20.4 Å². The average Bonchev–Trinajstić information content (AvgIpc) is 2.78. The van der Waals surface area contributed by atoms with Gasteiger partial charge in [0.1, 0.15) is 5.57 Å². The third-order valence-electron chi connectivity index (χ3n) is 4.68. The highest BCUT2D eigenvalue weighted by Gasteiger charge is 2.24. The molecule has 8 nitrogen and oxygen atoms in total. The van der Waals surface area contributed by atoms with E-state index in [0.29, 0.717) is 38.4 Å². The van der Waals surface area contributed by atoms with E-state index < -0.39 is 11.8 Å². The quantitative estimate of drug-likeness (QED) is 0.0732. The van der Waals surface area contributed by atoms with Crippen LogP contribution >= 0.6 is 11.6 Å². The van der Waals surface area contributed by atoms with Crippen LogP contribution < -0.4 is 10.6 Å². The lowest BCUT2D eigenvalue weighted by Crippen LogP contribution is -2.46. The summed E-state index contributed by atoms with van der Waals surface area (Å²) in [6, 6.07) is -0.0966. The Morgan fingerprint density at radius 2 is 1.94 bits per heavy atom. The van der Waals surface area contributed by atoms with Crippen molar-refractivity contribution in [1.82, 2.24) is 20.4 Å². The van der Waals surface area contributed by atoms with E-state index in [0.717, 1.165) is 17.6 Å². The minimum Gasteiger partial charge on any atom is -0.375 e. The lowest BCUT2D eigenvalue weighted by Gasteiger charge is -2.30. The Morgan fingerprint density at radius 3 is 2.48 bits per heavy atom. The molecule has 1 heterocycles. The van der Waals surface area contributed by atoms with Crippen LogP contribution in [-0.4, -0.2) is 80.0 Å². The van der Waals surface area contributed by atoms with Crippen LogP contribution in [0.5, 0.6) is 0 Å². The van der Waals surface area contributed by atoms with Crippen molar-refractivity contribution in [3.8, 4) is 0 Å². The van der Waals surface area contributed by atoms with Gasteiger partial charge in [0.15, 0.2) is 0 Å². The molecular formula is C22H32ClN5O3. The van der Waals surface area contributed by atoms with Gasteiger partial charge in [-0.25, -0.2) is 0 Å². The second-order valence-electron chi connectivity index (χ2n) is 7.20. The smallest absolute Gasteiger partial charge is 0.263 e. The predicted molar refractivity (Wildman–Crippen MR) is 125 cm³/mol. The van der Waals surface area contributed by atoms with Crippen LogP contribution in [0, 0.1) is 0 Å². The molecule has 0 radical (unpaired) electrons. The first-order valence-corrected chi connectivity index (χ1v) is 10.6. The second kappa shape index (κ2) is 14.2. The number of likely N-dealkylation sites (N-methyl/N-ethyl adjacent to an activating group) is 1. The summed E-state index contributed by atoms with van der Waals surface area (Å²) < 4.78 is 0. The maximum absolute atomic E-state index is 12.9. The van der Waals surface area contributed by atoms with Gasteiger partial charge in [0.2, 0.25) is 6.41 Å². The average molecular weight is 450 g/mol. The van der Waals surface area contributed by atoms with Crippen molar-refractivity contribution in [1.29, 1.82) is 0 Å². The highest BCUT2D eigenvalue weighted by atomic mass is 35.5. The third kappa shape index (κ3) is 9.65. The topological polar surface area (TPSA) is 94.1 Å². The number of halogens is 1. The van der Waals surface area contributed by atoms with E-state index in [2.05, 4.69) is 22.2 Å². The molecule has 1 rings (SSSR count). The van der Waals surface area contributed by atoms with Crippen LogP contribution in [0.2, 0.25) is 0 Å². The molecule has 0 aliphatic carbocycles. The molecule has 1 fully saturated rings. The molecule has 0 spiro atoms. The zero-order valence-corrected chi connectivity index (χ0v) is 19.2. The van der Waals surface area contributed by atoms with E-state index in [1.165, 1.54) is 19.6 Å². The summed E-state index contributed by atoms with van der Waals surface area (Å²) in [5.74, 6) is -0.668. The van der Waals surface area contributed by atoms with E-state index in [1.807, 2.05) is 25.2 Å². The summed E-state index contributed by atoms with van der Waals surface area (Å²) in [5.41, 5.74) is 1.74. The number of nitrogens with one attached hydrogen (secondary N) is 2. The minimum atomic E-state index is -0.548. The molecular weight excluding hydrogens is 418 g/mol. The second-order valence-corrected chi connectivity index (χ2v) is 7.46. The normalized spacial score (nSPS) is 15.9. The van der Waals surface area contributed by atoms with Gasteiger partial charge in [-0.1, -0.05) is 24.8 Å². The van der Waals surface area contributed by atoms with E-state index in [1.54, 1.807) is 16.8 Å². The van der Waals surface area contributed by atoms with Gasteiger partial charge in [-0.3, -0.25) is 19.4 Å². The van der Waals surface area contributed by atoms with Gasteiger partial charge in [0.25, 0.3) is 11.8 Å². The number of piperidine rings is 1. The van der Waals surface area contributed by atoms with Crippen molar-refractivity contribution in [2.45, 2.75) is 25.8 Å². The van der Waals surface area contributed by atoms with E-state index >= 15 is 0 Å². The maximum atomic E-state index is 12.9. The molecule has 0 aromatic rings. The summed E-state index contributed by atoms with van der Waals surface area (Å²) >= 11 is 5.75. The molecule has 1 aliphatic rings. The minimum absolute atomic E-state index is 0.0233. The lowest BCUT2D eigenvalue weighted by atomic mass is 10.0. The fourth-order valence-electron chi connectivity index (χ4n) is 2.90. The van der Waals surface area contributed by atoms with Crippen molar-refractivity contribution in [2.75, 3.05) is 39.6 Å². The molecule has 170 valence electrons. The van der Waals surface area contributed by atoms with Gasteiger partial charge in [0.05, 0.1) is 6.34 Å². The Labute approximate surface area is 189 Å². The lowest BCUT2D eigenvalue weighted by molar-refractivity contribution is -0.123. The van der Waals surface area contributed by atoms with E-state index in [9.17, 15) is 14.4 Å². The van der Waals surface area contributed by atoms with Crippen LogP contribution in [0.1, 0.15) is 19.8 Å². The Morgan fingerprint density at radius 1 is 1.26 bits per heavy atom. The summed E-state index contributed by atoms with van der Waals surface area (Å²) in [7, 11) is 3.31. The molecule has 1 saturated heterocycles. The number of likely N-dealkylation sites (tertiary alicyclic amines) is 1. The number of hydrogen-bond donors (Lipinski definition) is 2. The molecule has 0 aromatic carbocycles. The standard InChI is InChI=1S/C22H32ClN5O3/c1-5-18(7-6-17(2)12-23)13-27(4)14-20(21(30)25-15-24-3)22(31)26-19-8-10-28(16-29)11-9-19/h5-7,14-16,19H,2,8-13H2,1,3-4H3,(H,26,31)(H,24,25,30)/b7-6-,18-5+,20-14+. The van der Waals surface area contributed by atoms with Crippen LogP contribution in [-0.2, 0) is 14.4 Å². The molecule has 0 aromatic heterocycles. The number of amides is 3. The third-order valence-corrected chi connectivity index (χ3v) is 5.03. The Hall–Kier alpha value is -2.87. The zero-order chi connectivity index (χ0) is 23.2. The molecule has 31 heavy (non-hydrogen) atoms. The largest absolute Gasteiger partial charge is 0.375 e. The SMILES string of the molecule is C=C(/C=C\C(=C/C)CN(C)/C=C(\C(=O)NC=NC)C(=O)NC1CCN(C=O)CC1)CCl. The predicted octanol–water partition coefficient (Wildman–Crippen LogP) is 1.61. The molecule has 1 aliphatic heterocycles. The Bertz CT molecular complexity index is 765. The fraction of sp³-hybridized carbons (Fsp3) is 0.455. The molecule has 0 atom stereocenters. The van der Waals surface area contributed by atoms with E-state index in [4.69, 9.17) is 11.6 Å². The molecule has 0 bridgehead atoms. The van der Waals surface area contributed by atoms with Gasteiger partial charge in [0, 0.05) is 51.9 Å². The highest BCUT2D eigenvalue weighted by molar-refractivity contribution is 6.20. The van der Waals surface area contributed by atoms with Gasteiger partial charge in [-0.15, -0.1) is 11.6 Å². The number of allylic oxidation sites excluding steroid dienone is 3. The maximum Gasteiger partial charge on any atom is 0.263 e.